The first kappa shape index (κ1) is 18.7. The van der Waals surface area contributed by atoms with Crippen LogP contribution < -0.4 is 15.4 Å². The lowest BCUT2D eigenvalue weighted by atomic mass is 10.1. The van der Waals surface area contributed by atoms with Crippen molar-refractivity contribution in [3.05, 3.63) is 64.4 Å². The molecule has 1 aliphatic rings. The number of hydrogen-bond acceptors (Lipinski definition) is 3. The van der Waals surface area contributed by atoms with Crippen molar-refractivity contribution < 1.29 is 13.9 Å². The molecule has 2 atom stereocenters. The summed E-state index contributed by atoms with van der Waals surface area (Å²) in [7, 11) is 1.66. The van der Waals surface area contributed by atoms with E-state index in [4.69, 9.17) is 16.3 Å². The van der Waals surface area contributed by atoms with Gasteiger partial charge in [-0.2, -0.15) is 0 Å². The molecule has 1 aliphatic carbocycles. The minimum atomic E-state index is -0.507. The van der Waals surface area contributed by atoms with Crippen LogP contribution in [0, 0.1) is 5.82 Å². The Hall–Kier alpha value is -2.11. The fourth-order valence-electron chi connectivity index (χ4n) is 3.30. The number of carbonyl (C=O) groups excluding carboxylic acids is 1. The van der Waals surface area contributed by atoms with Gasteiger partial charge in [0.1, 0.15) is 11.6 Å². The largest absolute Gasteiger partial charge is 0.497 e. The van der Waals surface area contributed by atoms with Gasteiger partial charge in [0.2, 0.25) is 0 Å². The number of nitrogens with one attached hydrogen (secondary N) is 2. The van der Waals surface area contributed by atoms with Crippen molar-refractivity contribution in [2.45, 2.75) is 37.9 Å². The number of halogens is 2. The Morgan fingerprint density at radius 1 is 1.23 bits per heavy atom. The molecule has 0 heterocycles. The van der Waals surface area contributed by atoms with Gasteiger partial charge in [-0.3, -0.25) is 4.79 Å². The van der Waals surface area contributed by atoms with Crippen LogP contribution in [-0.2, 0) is 6.54 Å². The maximum atomic E-state index is 13.4. The van der Waals surface area contributed by atoms with Crippen molar-refractivity contribution in [3.8, 4) is 5.75 Å². The summed E-state index contributed by atoms with van der Waals surface area (Å²) in [6, 6.07) is 12.2. The van der Waals surface area contributed by atoms with Crippen LogP contribution in [0.15, 0.2) is 42.5 Å². The van der Waals surface area contributed by atoms with Crippen molar-refractivity contribution >= 4 is 17.5 Å². The Morgan fingerprint density at radius 2 is 2.04 bits per heavy atom. The van der Waals surface area contributed by atoms with Crippen molar-refractivity contribution in [3.63, 3.8) is 0 Å². The van der Waals surface area contributed by atoms with Gasteiger partial charge in [-0.05, 0) is 55.2 Å². The molecule has 26 heavy (non-hydrogen) atoms. The highest BCUT2D eigenvalue weighted by atomic mass is 35.5. The van der Waals surface area contributed by atoms with E-state index in [1.165, 1.54) is 18.2 Å². The lowest BCUT2D eigenvalue weighted by molar-refractivity contribution is 0.0937. The van der Waals surface area contributed by atoms with Crippen LogP contribution in [0.4, 0.5) is 4.39 Å². The van der Waals surface area contributed by atoms with Gasteiger partial charge in [-0.1, -0.05) is 23.7 Å². The van der Waals surface area contributed by atoms with E-state index in [1.54, 1.807) is 7.11 Å². The first-order valence-electron chi connectivity index (χ1n) is 8.67. The van der Waals surface area contributed by atoms with Crippen LogP contribution in [0.25, 0.3) is 0 Å². The Bertz CT molecular complexity index is 764. The summed E-state index contributed by atoms with van der Waals surface area (Å²) >= 11 is 5.82. The number of hydrogen-bond donors (Lipinski definition) is 2. The van der Waals surface area contributed by atoms with Crippen LogP contribution in [0.1, 0.15) is 35.2 Å². The van der Waals surface area contributed by atoms with Gasteiger partial charge >= 0.3 is 0 Å². The molecular weight excluding hydrogens is 355 g/mol. The summed E-state index contributed by atoms with van der Waals surface area (Å²) in [4.78, 5) is 12.3. The summed E-state index contributed by atoms with van der Waals surface area (Å²) in [5.74, 6) is 0.0476. The van der Waals surface area contributed by atoms with Crippen LogP contribution in [0.3, 0.4) is 0 Å². The van der Waals surface area contributed by atoms with Crippen molar-refractivity contribution in [2.24, 2.45) is 0 Å². The molecule has 0 spiro atoms. The monoisotopic (exact) mass is 376 g/mol. The van der Waals surface area contributed by atoms with E-state index in [0.717, 1.165) is 37.1 Å². The fourth-order valence-corrected chi connectivity index (χ4v) is 3.52. The molecular formula is C20H22ClFN2O2. The molecule has 3 rings (SSSR count). The standard InChI is InChI=1S/C20H22ClFN2O2/c1-26-19-4-2-3-13(7-19)12-23-17-5-6-18(11-17)24-20(25)14-8-15(21)10-16(22)9-14/h2-4,7-10,17-18,23H,5-6,11-12H2,1H3,(H,24,25)/t17-,18-/m0/s1. The number of ether oxygens (including phenoxy) is 1. The van der Waals surface area contributed by atoms with E-state index in [-0.39, 0.29) is 22.5 Å². The number of amides is 1. The van der Waals surface area contributed by atoms with Gasteiger partial charge in [0.15, 0.2) is 0 Å². The van der Waals surface area contributed by atoms with Gasteiger partial charge < -0.3 is 15.4 Å². The average Bonchev–Trinajstić information content (AvgIpc) is 3.06. The summed E-state index contributed by atoms with van der Waals surface area (Å²) in [5.41, 5.74) is 1.41. The van der Waals surface area contributed by atoms with Gasteiger partial charge in [-0.15, -0.1) is 0 Å². The second-order valence-electron chi connectivity index (χ2n) is 6.57. The third-order valence-electron chi connectivity index (χ3n) is 4.62. The van der Waals surface area contributed by atoms with Crippen molar-refractivity contribution in [1.82, 2.24) is 10.6 Å². The molecule has 0 aliphatic heterocycles. The van der Waals surface area contributed by atoms with Gasteiger partial charge in [0.05, 0.1) is 7.11 Å². The van der Waals surface area contributed by atoms with Crippen LogP contribution in [0.5, 0.6) is 5.75 Å². The Labute approximate surface area is 157 Å². The highest BCUT2D eigenvalue weighted by Gasteiger charge is 2.26. The molecule has 1 saturated carbocycles. The third-order valence-corrected chi connectivity index (χ3v) is 4.84. The summed E-state index contributed by atoms with van der Waals surface area (Å²) in [6.45, 7) is 0.752. The van der Waals surface area contributed by atoms with E-state index in [9.17, 15) is 9.18 Å². The van der Waals surface area contributed by atoms with Crippen LogP contribution in [0.2, 0.25) is 5.02 Å². The average molecular weight is 377 g/mol. The second kappa shape index (κ2) is 8.52. The molecule has 0 saturated heterocycles. The van der Waals surface area contributed by atoms with Crippen LogP contribution in [-0.4, -0.2) is 25.1 Å². The SMILES string of the molecule is COc1cccc(CN[C@H]2CC[C@H](NC(=O)c3cc(F)cc(Cl)c3)C2)c1. The topological polar surface area (TPSA) is 50.4 Å². The Kier molecular flexibility index (Phi) is 6.12. The third kappa shape index (κ3) is 4.96. The molecule has 0 radical (unpaired) electrons. The Balaban J connectivity index is 1.49. The molecule has 0 aromatic heterocycles. The van der Waals surface area contributed by atoms with Gasteiger partial charge in [-0.25, -0.2) is 4.39 Å². The normalized spacial score (nSPS) is 19.3. The first-order valence-corrected chi connectivity index (χ1v) is 9.04. The minimum Gasteiger partial charge on any atom is -0.497 e. The molecule has 6 heteroatoms. The van der Waals surface area contributed by atoms with E-state index >= 15 is 0 Å². The molecule has 1 amide bonds. The fraction of sp³-hybridized carbons (Fsp3) is 0.350. The summed E-state index contributed by atoms with van der Waals surface area (Å²) in [5, 5.41) is 6.72. The molecule has 2 N–H and O–H groups in total. The molecule has 0 bridgehead atoms. The maximum Gasteiger partial charge on any atom is 0.251 e. The van der Waals surface area contributed by atoms with Gasteiger partial charge in [0, 0.05) is 29.2 Å². The number of carbonyl (C=O) groups is 1. The lowest BCUT2D eigenvalue weighted by Crippen LogP contribution is -2.35. The number of rotatable bonds is 6. The zero-order valence-corrected chi connectivity index (χ0v) is 15.4. The smallest absolute Gasteiger partial charge is 0.251 e. The molecule has 4 nitrogen and oxygen atoms in total. The maximum absolute atomic E-state index is 13.4. The molecule has 0 unspecified atom stereocenters. The predicted octanol–water partition coefficient (Wildman–Crippen LogP) is 3.93. The first-order chi connectivity index (χ1) is 12.5. The molecule has 2 aromatic rings. The Morgan fingerprint density at radius 3 is 2.81 bits per heavy atom. The summed E-state index contributed by atoms with van der Waals surface area (Å²) < 4.78 is 18.6. The van der Waals surface area contributed by atoms with E-state index in [1.807, 2.05) is 18.2 Å². The second-order valence-corrected chi connectivity index (χ2v) is 7.01. The zero-order chi connectivity index (χ0) is 18.5. The van der Waals surface area contributed by atoms with Crippen molar-refractivity contribution in [1.29, 1.82) is 0 Å². The highest BCUT2D eigenvalue weighted by molar-refractivity contribution is 6.31. The highest BCUT2D eigenvalue weighted by Crippen LogP contribution is 2.21. The number of benzene rings is 2. The molecule has 2 aromatic carbocycles. The van der Waals surface area contributed by atoms with Crippen molar-refractivity contribution in [2.75, 3.05) is 7.11 Å². The van der Waals surface area contributed by atoms with Gasteiger partial charge in [0.25, 0.3) is 5.91 Å². The van der Waals surface area contributed by atoms with E-state index in [2.05, 4.69) is 16.7 Å². The lowest BCUT2D eigenvalue weighted by Gasteiger charge is -2.15. The molecule has 138 valence electrons. The minimum absolute atomic E-state index is 0.0763. The van der Waals surface area contributed by atoms with E-state index < -0.39 is 5.82 Å². The zero-order valence-electron chi connectivity index (χ0n) is 14.6. The quantitative estimate of drug-likeness (QED) is 0.803. The summed E-state index contributed by atoms with van der Waals surface area (Å²) in [6.07, 6.45) is 2.72. The van der Waals surface area contributed by atoms with E-state index in [0.29, 0.717) is 6.04 Å². The number of methoxy groups -OCH3 is 1. The van der Waals surface area contributed by atoms with Crippen LogP contribution >= 0.6 is 11.6 Å². The molecule has 1 fully saturated rings. The predicted molar refractivity (Wildman–Crippen MR) is 100 cm³/mol.